The Bertz CT molecular complexity index is 549. The molecule has 0 bridgehead atoms. The molecule has 2 aromatic heterocycles. The van der Waals surface area contributed by atoms with Crippen molar-refractivity contribution in [1.29, 1.82) is 0 Å². The van der Waals surface area contributed by atoms with Gasteiger partial charge in [0.1, 0.15) is 0 Å². The van der Waals surface area contributed by atoms with Gasteiger partial charge in [-0.25, -0.2) is 0 Å². The lowest BCUT2D eigenvalue weighted by Crippen LogP contribution is -1.95. The van der Waals surface area contributed by atoms with E-state index in [0.717, 1.165) is 26.0 Å². The molecule has 18 heavy (non-hydrogen) atoms. The predicted octanol–water partition coefficient (Wildman–Crippen LogP) is 4.55. The number of carbonyl (C=O) groups excluding carboxylic acids is 1. The molecule has 1 nitrogen and oxygen atoms in total. The van der Waals surface area contributed by atoms with E-state index >= 15 is 0 Å². The van der Waals surface area contributed by atoms with Gasteiger partial charge >= 0.3 is 0 Å². The molecule has 0 unspecified atom stereocenters. The number of thiophene rings is 2. The van der Waals surface area contributed by atoms with E-state index in [1.54, 1.807) is 34.4 Å². The van der Waals surface area contributed by atoms with E-state index in [0.29, 0.717) is 0 Å². The Morgan fingerprint density at radius 2 is 1.67 bits per heavy atom. The summed E-state index contributed by atoms with van der Waals surface area (Å²) in [6, 6.07) is 8.08. The normalized spacial score (nSPS) is 20.1. The van der Waals surface area contributed by atoms with Gasteiger partial charge in [0.05, 0.1) is 4.91 Å². The van der Waals surface area contributed by atoms with Crippen LogP contribution in [0.1, 0.15) is 9.75 Å². The molecule has 0 saturated carbocycles. The molecular formula is C14H10OS3. The van der Waals surface area contributed by atoms with E-state index in [1.165, 1.54) is 0 Å². The molecule has 1 saturated heterocycles. The van der Waals surface area contributed by atoms with E-state index in [4.69, 9.17) is 0 Å². The first-order valence-electron chi connectivity index (χ1n) is 5.50. The third-order valence-corrected chi connectivity index (χ3v) is 5.28. The zero-order valence-corrected chi connectivity index (χ0v) is 11.9. The van der Waals surface area contributed by atoms with Crippen LogP contribution in [-0.4, -0.2) is 11.5 Å². The average molecular weight is 290 g/mol. The maximum Gasteiger partial charge on any atom is 0.196 e. The van der Waals surface area contributed by atoms with Gasteiger partial charge in [-0.3, -0.25) is 4.79 Å². The van der Waals surface area contributed by atoms with Crippen LogP contribution in [0.25, 0.3) is 12.2 Å². The molecular weight excluding hydrogens is 280 g/mol. The largest absolute Gasteiger partial charge is 0.288 e. The third kappa shape index (κ3) is 2.51. The van der Waals surface area contributed by atoms with Gasteiger partial charge < -0.3 is 0 Å². The van der Waals surface area contributed by atoms with Crippen molar-refractivity contribution in [3.05, 3.63) is 55.3 Å². The number of carbonyl (C=O) groups is 1. The quantitative estimate of drug-likeness (QED) is 0.755. The second-order valence-corrected chi connectivity index (χ2v) is 6.80. The van der Waals surface area contributed by atoms with Crippen LogP contribution in [0.4, 0.5) is 0 Å². The van der Waals surface area contributed by atoms with Crippen molar-refractivity contribution < 1.29 is 4.79 Å². The fourth-order valence-corrected chi connectivity index (χ4v) is 4.12. The van der Waals surface area contributed by atoms with Crippen molar-refractivity contribution >= 4 is 52.4 Å². The number of thioether (sulfide) groups is 1. The lowest BCUT2D eigenvalue weighted by molar-refractivity contribution is -0.111. The first kappa shape index (κ1) is 12.0. The summed E-state index contributed by atoms with van der Waals surface area (Å²) in [4.78, 5) is 15.4. The van der Waals surface area contributed by atoms with Crippen LogP contribution < -0.4 is 0 Å². The topological polar surface area (TPSA) is 17.1 Å². The molecule has 0 spiro atoms. The van der Waals surface area contributed by atoms with Crippen LogP contribution in [0.5, 0.6) is 0 Å². The first-order valence-corrected chi connectivity index (χ1v) is 8.24. The molecule has 0 atom stereocenters. The molecule has 90 valence electrons. The molecule has 0 aromatic carbocycles. The van der Waals surface area contributed by atoms with Crippen LogP contribution in [0.2, 0.25) is 0 Å². The molecule has 0 aliphatic carbocycles. The zero-order valence-electron chi connectivity index (χ0n) is 9.46. The number of allylic oxidation sites excluding steroid dienone is 1. The fraction of sp³-hybridized carbons (Fsp3) is 0.0714. The van der Waals surface area contributed by atoms with E-state index < -0.39 is 0 Å². The van der Waals surface area contributed by atoms with Crippen molar-refractivity contribution in [1.82, 2.24) is 0 Å². The van der Waals surface area contributed by atoms with Gasteiger partial charge in [-0.15, -0.1) is 34.4 Å². The van der Waals surface area contributed by atoms with Crippen molar-refractivity contribution in [2.24, 2.45) is 0 Å². The number of rotatable bonds is 2. The van der Waals surface area contributed by atoms with Crippen molar-refractivity contribution in [2.45, 2.75) is 0 Å². The second-order valence-electron chi connectivity index (χ2n) is 3.83. The number of ketones is 1. The standard InChI is InChI=1S/C14H10OS3/c15-14-10(7-11-3-1-5-16-11)9-18-13(14)8-12-4-2-6-17-12/h1-8H,9H2/b10-7+,13-8+. The molecule has 4 heteroatoms. The lowest BCUT2D eigenvalue weighted by atomic mass is 10.1. The van der Waals surface area contributed by atoms with Crippen LogP contribution >= 0.6 is 34.4 Å². The summed E-state index contributed by atoms with van der Waals surface area (Å²) in [5, 5.41) is 4.06. The Morgan fingerprint density at radius 3 is 2.28 bits per heavy atom. The third-order valence-electron chi connectivity index (χ3n) is 2.57. The number of hydrogen-bond donors (Lipinski definition) is 0. The summed E-state index contributed by atoms with van der Waals surface area (Å²) in [7, 11) is 0. The number of hydrogen-bond acceptors (Lipinski definition) is 4. The van der Waals surface area contributed by atoms with Crippen molar-refractivity contribution in [3.63, 3.8) is 0 Å². The van der Waals surface area contributed by atoms with Crippen LogP contribution in [0.15, 0.2) is 45.5 Å². The highest BCUT2D eigenvalue weighted by atomic mass is 32.2. The molecule has 3 rings (SSSR count). The highest BCUT2D eigenvalue weighted by Gasteiger charge is 2.23. The Hall–Kier alpha value is -1.10. The molecule has 1 aliphatic heterocycles. The van der Waals surface area contributed by atoms with Gasteiger partial charge in [0.15, 0.2) is 5.78 Å². The van der Waals surface area contributed by atoms with Gasteiger partial charge in [0, 0.05) is 21.1 Å². The minimum absolute atomic E-state index is 0.182. The van der Waals surface area contributed by atoms with Crippen LogP contribution in [0, 0.1) is 0 Å². The van der Waals surface area contributed by atoms with Gasteiger partial charge in [0.2, 0.25) is 0 Å². The maximum absolute atomic E-state index is 12.2. The summed E-state index contributed by atoms with van der Waals surface area (Å²) in [5.74, 6) is 0.968. The monoisotopic (exact) mass is 290 g/mol. The lowest BCUT2D eigenvalue weighted by Gasteiger charge is -1.92. The van der Waals surface area contributed by atoms with Gasteiger partial charge in [-0.05, 0) is 35.0 Å². The molecule has 1 fully saturated rings. The van der Waals surface area contributed by atoms with Crippen LogP contribution in [0.3, 0.4) is 0 Å². The highest BCUT2D eigenvalue weighted by molar-refractivity contribution is 8.05. The van der Waals surface area contributed by atoms with Gasteiger partial charge in [-0.2, -0.15) is 0 Å². The fourth-order valence-electron chi connectivity index (χ4n) is 1.71. The van der Waals surface area contributed by atoms with Gasteiger partial charge in [0.25, 0.3) is 0 Å². The summed E-state index contributed by atoms with van der Waals surface area (Å²) in [6.45, 7) is 0. The molecule has 0 amide bonds. The van der Waals surface area contributed by atoms with E-state index in [-0.39, 0.29) is 5.78 Å². The summed E-state index contributed by atoms with van der Waals surface area (Å²) in [5.41, 5.74) is 0.908. The number of Topliss-reactive ketones (excluding diaryl/α,β-unsaturated/α-hetero) is 1. The summed E-state index contributed by atoms with van der Waals surface area (Å²) < 4.78 is 0. The van der Waals surface area contributed by atoms with E-state index in [2.05, 4.69) is 0 Å². The van der Waals surface area contributed by atoms with E-state index in [9.17, 15) is 4.79 Å². The average Bonchev–Trinajstić information content (AvgIpc) is 3.08. The Labute approximate surface area is 118 Å². The van der Waals surface area contributed by atoms with Gasteiger partial charge in [-0.1, -0.05) is 12.1 Å². The molecule has 2 aromatic rings. The highest BCUT2D eigenvalue weighted by Crippen LogP contribution is 2.34. The molecule has 1 aliphatic rings. The predicted molar refractivity (Wildman–Crippen MR) is 82.1 cm³/mol. The summed E-state index contributed by atoms with van der Waals surface area (Å²) >= 11 is 4.96. The Balaban J connectivity index is 1.85. The Morgan fingerprint density at radius 1 is 1.00 bits per heavy atom. The minimum atomic E-state index is 0.182. The molecule has 3 heterocycles. The molecule has 0 radical (unpaired) electrons. The second kappa shape index (κ2) is 5.26. The Kier molecular flexibility index (Phi) is 3.50. The summed E-state index contributed by atoms with van der Waals surface area (Å²) in [6.07, 6.45) is 4.00. The van der Waals surface area contributed by atoms with Crippen molar-refractivity contribution in [2.75, 3.05) is 5.75 Å². The zero-order chi connectivity index (χ0) is 12.4. The smallest absolute Gasteiger partial charge is 0.196 e. The van der Waals surface area contributed by atoms with Crippen molar-refractivity contribution in [3.8, 4) is 0 Å². The SMILES string of the molecule is O=C1/C(=C/c2cccs2)CS/C1=C/c1cccs1. The maximum atomic E-state index is 12.2. The minimum Gasteiger partial charge on any atom is -0.288 e. The first-order chi connectivity index (χ1) is 8.83. The van der Waals surface area contributed by atoms with E-state index in [1.807, 2.05) is 47.2 Å². The van der Waals surface area contributed by atoms with Crippen LogP contribution in [-0.2, 0) is 4.79 Å². The molecule has 0 N–H and O–H groups in total.